The van der Waals surface area contributed by atoms with Crippen LogP contribution in [0.4, 0.5) is 10.1 Å². The van der Waals surface area contributed by atoms with Crippen molar-refractivity contribution in [3.05, 3.63) is 53.3 Å². The van der Waals surface area contributed by atoms with Gasteiger partial charge in [-0.25, -0.2) is 4.39 Å². The molecule has 0 saturated carbocycles. The van der Waals surface area contributed by atoms with Gasteiger partial charge in [-0.15, -0.1) is 0 Å². The smallest absolute Gasteiger partial charge is 0.279 e. The highest BCUT2D eigenvalue weighted by molar-refractivity contribution is 5.91. The number of aryl methyl sites for hydroxylation is 1. The molecule has 2 aromatic carbocycles. The average Bonchev–Trinajstić information content (AvgIpc) is 3.11. The Hall–Kier alpha value is -2.60. The summed E-state index contributed by atoms with van der Waals surface area (Å²) in [6, 6.07) is 10.7. The molecule has 1 heterocycles. The second-order valence-electron chi connectivity index (χ2n) is 6.90. The van der Waals surface area contributed by atoms with E-state index in [4.69, 9.17) is 9.47 Å². The minimum atomic E-state index is -0.319. The molecule has 2 N–H and O–H groups in total. The number of quaternary nitrogens is 1. The predicted molar refractivity (Wildman–Crippen MR) is 102 cm³/mol. The fourth-order valence-corrected chi connectivity index (χ4v) is 3.69. The van der Waals surface area contributed by atoms with Gasteiger partial charge in [0.25, 0.3) is 5.91 Å². The molecule has 3 rings (SSSR count). The fraction of sp³-hybridized carbons (Fsp3) is 0.381. The number of nitrogens with one attached hydrogen (secondary N) is 2. The van der Waals surface area contributed by atoms with Crippen LogP contribution in [0.15, 0.2) is 36.4 Å². The van der Waals surface area contributed by atoms with Crippen LogP contribution in [0.5, 0.6) is 11.5 Å². The second kappa shape index (κ2) is 8.39. The molecule has 1 fully saturated rings. The first kappa shape index (κ1) is 19.2. The number of methoxy groups -OCH3 is 2. The minimum absolute atomic E-state index is 0.123. The van der Waals surface area contributed by atoms with Crippen LogP contribution in [0.1, 0.15) is 30.0 Å². The highest BCUT2D eigenvalue weighted by Gasteiger charge is 2.34. The first-order chi connectivity index (χ1) is 13.0. The number of amides is 1. The molecular weight excluding hydrogens is 347 g/mol. The first-order valence-corrected chi connectivity index (χ1v) is 9.14. The SMILES string of the molecule is COc1ccc(OC)c([C@H]2CCC[NH+]2CC(=O)Nc2ccc(C)c(F)c2)c1. The number of anilines is 1. The number of likely N-dealkylation sites (tertiary alicyclic amines) is 1. The summed E-state index contributed by atoms with van der Waals surface area (Å²) in [5, 5.41) is 2.80. The Morgan fingerprint density at radius 3 is 2.74 bits per heavy atom. The molecule has 2 atom stereocenters. The normalized spacial score (nSPS) is 19.0. The summed E-state index contributed by atoms with van der Waals surface area (Å²) in [5.74, 6) is 1.14. The van der Waals surface area contributed by atoms with Crippen molar-refractivity contribution in [3.63, 3.8) is 0 Å². The lowest BCUT2D eigenvalue weighted by Gasteiger charge is -2.23. The summed E-state index contributed by atoms with van der Waals surface area (Å²) in [5.41, 5.74) is 2.10. The van der Waals surface area contributed by atoms with E-state index >= 15 is 0 Å². The summed E-state index contributed by atoms with van der Waals surface area (Å²) in [4.78, 5) is 13.7. The summed E-state index contributed by atoms with van der Waals surface area (Å²) < 4.78 is 24.6. The Labute approximate surface area is 159 Å². The first-order valence-electron chi connectivity index (χ1n) is 9.14. The Morgan fingerprint density at radius 2 is 2.04 bits per heavy atom. The van der Waals surface area contributed by atoms with Crippen molar-refractivity contribution < 1.29 is 23.6 Å². The standard InChI is InChI=1S/C21H25FN2O3/c1-14-6-7-15(11-18(14)22)23-21(25)13-24-10-4-5-19(24)17-12-16(26-2)8-9-20(17)27-3/h6-9,11-12,19H,4-5,10,13H2,1-3H3,(H,23,25)/p+1/t19-/m1/s1. The lowest BCUT2D eigenvalue weighted by molar-refractivity contribution is -0.910. The molecule has 27 heavy (non-hydrogen) atoms. The number of benzene rings is 2. The van der Waals surface area contributed by atoms with Gasteiger partial charge in [0.05, 0.1) is 26.3 Å². The fourth-order valence-electron chi connectivity index (χ4n) is 3.69. The molecule has 144 valence electrons. The van der Waals surface area contributed by atoms with E-state index in [1.165, 1.54) is 11.0 Å². The Balaban J connectivity index is 1.73. The second-order valence-corrected chi connectivity index (χ2v) is 6.90. The van der Waals surface area contributed by atoms with Crippen molar-refractivity contribution in [3.8, 4) is 11.5 Å². The highest BCUT2D eigenvalue weighted by Crippen LogP contribution is 2.31. The van der Waals surface area contributed by atoms with Crippen LogP contribution in [0, 0.1) is 12.7 Å². The van der Waals surface area contributed by atoms with Crippen LogP contribution >= 0.6 is 0 Å². The Bertz CT molecular complexity index is 825. The third-order valence-electron chi connectivity index (χ3n) is 5.14. The molecule has 0 aliphatic carbocycles. The van der Waals surface area contributed by atoms with Crippen molar-refractivity contribution in [2.75, 3.05) is 32.6 Å². The molecule has 6 heteroatoms. The molecule has 2 aromatic rings. The predicted octanol–water partition coefficient (Wildman–Crippen LogP) is 2.51. The van der Waals surface area contributed by atoms with Crippen molar-refractivity contribution in [2.45, 2.75) is 25.8 Å². The van der Waals surface area contributed by atoms with Gasteiger partial charge < -0.3 is 19.7 Å². The highest BCUT2D eigenvalue weighted by atomic mass is 19.1. The van der Waals surface area contributed by atoms with Crippen LogP contribution in [0.25, 0.3) is 0 Å². The minimum Gasteiger partial charge on any atom is -0.497 e. The van der Waals surface area contributed by atoms with E-state index in [9.17, 15) is 9.18 Å². The van der Waals surface area contributed by atoms with E-state index in [-0.39, 0.29) is 17.8 Å². The van der Waals surface area contributed by atoms with Crippen molar-refractivity contribution in [2.24, 2.45) is 0 Å². The molecule has 1 saturated heterocycles. The van der Waals surface area contributed by atoms with Gasteiger partial charge in [-0.05, 0) is 42.8 Å². The zero-order valence-electron chi connectivity index (χ0n) is 16.0. The maximum Gasteiger partial charge on any atom is 0.279 e. The molecule has 1 amide bonds. The lowest BCUT2D eigenvalue weighted by Crippen LogP contribution is -3.11. The number of rotatable bonds is 6. The van der Waals surface area contributed by atoms with Crippen LogP contribution < -0.4 is 19.7 Å². The Kier molecular flexibility index (Phi) is 5.96. The van der Waals surface area contributed by atoms with Gasteiger partial charge in [0.2, 0.25) is 0 Å². The maximum atomic E-state index is 13.7. The van der Waals surface area contributed by atoms with Gasteiger partial charge in [0, 0.05) is 18.5 Å². The van der Waals surface area contributed by atoms with Gasteiger partial charge in [-0.2, -0.15) is 0 Å². The quantitative estimate of drug-likeness (QED) is 0.818. The van der Waals surface area contributed by atoms with Gasteiger partial charge in [-0.3, -0.25) is 4.79 Å². The van der Waals surface area contributed by atoms with E-state index in [2.05, 4.69) is 5.32 Å². The van der Waals surface area contributed by atoms with E-state index in [1.807, 2.05) is 18.2 Å². The molecule has 0 bridgehead atoms. The van der Waals surface area contributed by atoms with Gasteiger partial charge >= 0.3 is 0 Å². The van der Waals surface area contributed by atoms with Crippen LogP contribution in [-0.2, 0) is 4.79 Å². The largest absolute Gasteiger partial charge is 0.497 e. The monoisotopic (exact) mass is 373 g/mol. The van der Waals surface area contributed by atoms with Gasteiger partial charge in [0.1, 0.15) is 23.4 Å². The number of halogens is 1. The van der Waals surface area contributed by atoms with Crippen molar-refractivity contribution in [1.82, 2.24) is 0 Å². The summed E-state index contributed by atoms with van der Waals surface area (Å²) in [7, 11) is 3.29. The zero-order valence-corrected chi connectivity index (χ0v) is 16.0. The topological polar surface area (TPSA) is 52.0 Å². The Morgan fingerprint density at radius 1 is 1.22 bits per heavy atom. The molecular formula is C21H26FN2O3+. The van der Waals surface area contributed by atoms with Gasteiger partial charge in [-0.1, -0.05) is 6.07 Å². The number of hydrogen-bond donors (Lipinski definition) is 2. The molecule has 0 aromatic heterocycles. The average molecular weight is 373 g/mol. The summed E-state index contributed by atoms with van der Waals surface area (Å²) in [6.45, 7) is 2.92. The third kappa shape index (κ3) is 4.39. The lowest BCUT2D eigenvalue weighted by atomic mass is 10.0. The van der Waals surface area contributed by atoms with Crippen molar-refractivity contribution >= 4 is 11.6 Å². The van der Waals surface area contributed by atoms with Crippen LogP contribution in [0.2, 0.25) is 0 Å². The number of hydrogen-bond acceptors (Lipinski definition) is 3. The maximum absolute atomic E-state index is 13.7. The summed E-state index contributed by atoms with van der Waals surface area (Å²) >= 11 is 0. The van der Waals surface area contributed by atoms with Crippen LogP contribution in [0.3, 0.4) is 0 Å². The van der Waals surface area contributed by atoms with Gasteiger partial charge in [0.15, 0.2) is 6.54 Å². The van der Waals surface area contributed by atoms with E-state index < -0.39 is 0 Å². The third-order valence-corrected chi connectivity index (χ3v) is 5.14. The van der Waals surface area contributed by atoms with Crippen LogP contribution in [-0.4, -0.2) is 33.2 Å². The van der Waals surface area contributed by atoms with E-state index in [0.29, 0.717) is 17.8 Å². The number of carbonyl (C=O) groups is 1. The molecule has 0 spiro atoms. The number of ether oxygens (including phenoxy) is 2. The molecule has 1 aliphatic rings. The molecule has 1 unspecified atom stereocenters. The molecule has 5 nitrogen and oxygen atoms in total. The molecule has 1 aliphatic heterocycles. The summed E-state index contributed by atoms with van der Waals surface area (Å²) in [6.07, 6.45) is 2.01. The molecule has 0 radical (unpaired) electrons. The van der Waals surface area contributed by atoms with E-state index in [0.717, 1.165) is 36.4 Å². The van der Waals surface area contributed by atoms with Crippen molar-refractivity contribution in [1.29, 1.82) is 0 Å². The number of carbonyl (C=O) groups excluding carboxylic acids is 1. The zero-order chi connectivity index (χ0) is 19.4. The van der Waals surface area contributed by atoms with E-state index in [1.54, 1.807) is 33.3 Å².